The maximum Gasteiger partial charge on any atom is 0.215 e. The summed E-state index contributed by atoms with van der Waals surface area (Å²) < 4.78 is 28.0. The lowest BCUT2D eigenvalue weighted by Gasteiger charge is -2.28. The number of likely N-dealkylation sites (tertiary alicyclic amines) is 1. The molecule has 1 atom stereocenters. The summed E-state index contributed by atoms with van der Waals surface area (Å²) in [6, 6.07) is 16.2. The summed E-state index contributed by atoms with van der Waals surface area (Å²) in [5.41, 5.74) is 4.29. The van der Waals surface area contributed by atoms with Gasteiger partial charge in [0.1, 0.15) is 0 Å². The Hall–Kier alpha value is -1.69. The summed E-state index contributed by atoms with van der Waals surface area (Å²) in [5, 5.41) is 0. The molecule has 2 aromatic rings. The predicted octanol–water partition coefficient (Wildman–Crippen LogP) is 3.56. The van der Waals surface area contributed by atoms with Gasteiger partial charge in [-0.1, -0.05) is 59.7 Å². The van der Waals surface area contributed by atoms with Gasteiger partial charge in [0.05, 0.1) is 5.75 Å². The fourth-order valence-electron chi connectivity index (χ4n) is 3.58. The third-order valence-corrected chi connectivity index (χ3v) is 6.30. The zero-order valence-electron chi connectivity index (χ0n) is 15.6. The Balaban J connectivity index is 1.71. The van der Waals surface area contributed by atoms with E-state index in [1.807, 2.05) is 31.2 Å². The van der Waals surface area contributed by atoms with Crippen LogP contribution in [0.4, 0.5) is 0 Å². The maximum atomic E-state index is 12.6. The average Bonchev–Trinajstić information content (AvgIpc) is 3.10. The van der Waals surface area contributed by atoms with Crippen molar-refractivity contribution in [3.8, 4) is 0 Å². The molecule has 1 aliphatic rings. The predicted molar refractivity (Wildman–Crippen MR) is 107 cm³/mol. The Kier molecular flexibility index (Phi) is 6.12. The Morgan fingerprint density at radius 1 is 1.00 bits per heavy atom. The summed E-state index contributed by atoms with van der Waals surface area (Å²) in [4.78, 5) is 2.39. The minimum Gasteiger partial charge on any atom is -0.295 e. The number of aryl methyl sites for hydroxylation is 2. The number of benzene rings is 2. The highest BCUT2D eigenvalue weighted by Crippen LogP contribution is 2.25. The van der Waals surface area contributed by atoms with Crippen LogP contribution in [-0.4, -0.2) is 33.0 Å². The molecule has 4 nitrogen and oxygen atoms in total. The topological polar surface area (TPSA) is 49.4 Å². The molecule has 1 N–H and O–H groups in total. The van der Waals surface area contributed by atoms with Crippen molar-refractivity contribution in [2.45, 2.75) is 38.5 Å². The molecular formula is C21H28N2O2S. The van der Waals surface area contributed by atoms with Gasteiger partial charge in [-0.15, -0.1) is 0 Å². The molecule has 3 rings (SSSR count). The van der Waals surface area contributed by atoms with Crippen LogP contribution < -0.4 is 4.72 Å². The van der Waals surface area contributed by atoms with Crippen LogP contribution in [0, 0.1) is 13.8 Å². The Bertz CT molecular complexity index is 825. The molecule has 0 amide bonds. The van der Waals surface area contributed by atoms with Gasteiger partial charge in [0.15, 0.2) is 0 Å². The van der Waals surface area contributed by atoms with E-state index in [1.165, 1.54) is 24.0 Å². The van der Waals surface area contributed by atoms with Gasteiger partial charge in [0.25, 0.3) is 0 Å². The van der Waals surface area contributed by atoms with Crippen LogP contribution in [0.25, 0.3) is 0 Å². The first-order valence-corrected chi connectivity index (χ1v) is 10.9. The van der Waals surface area contributed by atoms with Crippen molar-refractivity contribution < 1.29 is 8.42 Å². The highest BCUT2D eigenvalue weighted by molar-refractivity contribution is 7.88. The van der Waals surface area contributed by atoms with Crippen molar-refractivity contribution in [3.63, 3.8) is 0 Å². The minimum atomic E-state index is -3.37. The average molecular weight is 373 g/mol. The van der Waals surface area contributed by atoms with Gasteiger partial charge in [0, 0.05) is 12.6 Å². The zero-order valence-corrected chi connectivity index (χ0v) is 16.4. The summed E-state index contributed by atoms with van der Waals surface area (Å²) >= 11 is 0. The second-order valence-electron chi connectivity index (χ2n) is 7.27. The van der Waals surface area contributed by atoms with Crippen LogP contribution in [0.1, 0.15) is 41.1 Å². The lowest BCUT2D eigenvalue weighted by Crippen LogP contribution is -2.37. The van der Waals surface area contributed by atoms with Gasteiger partial charge < -0.3 is 0 Å². The molecule has 0 aliphatic carbocycles. The second kappa shape index (κ2) is 8.33. The normalized spacial score (nSPS) is 16.7. The number of sulfonamides is 1. The summed E-state index contributed by atoms with van der Waals surface area (Å²) in [6.45, 7) is 6.51. The minimum absolute atomic E-state index is 0.0231. The largest absolute Gasteiger partial charge is 0.295 e. The molecule has 0 radical (unpaired) electrons. The molecule has 1 saturated heterocycles. The van der Waals surface area contributed by atoms with E-state index >= 15 is 0 Å². The SMILES string of the molecule is Cc1ccc(C(CNS(=O)(=O)Cc2cccc(C)c2)N2CCCC2)cc1. The van der Waals surface area contributed by atoms with Crippen molar-refractivity contribution >= 4 is 10.0 Å². The first-order valence-electron chi connectivity index (χ1n) is 9.26. The molecule has 5 heteroatoms. The zero-order chi connectivity index (χ0) is 18.6. The van der Waals surface area contributed by atoms with Gasteiger partial charge in [-0.2, -0.15) is 0 Å². The van der Waals surface area contributed by atoms with E-state index in [0.29, 0.717) is 6.54 Å². The third kappa shape index (κ3) is 5.16. The van der Waals surface area contributed by atoms with E-state index in [2.05, 4.69) is 40.8 Å². The summed E-state index contributed by atoms with van der Waals surface area (Å²) in [5.74, 6) is 0.0231. The molecule has 0 saturated carbocycles. The van der Waals surface area contributed by atoms with Crippen LogP contribution in [-0.2, 0) is 15.8 Å². The van der Waals surface area contributed by atoms with Crippen molar-refractivity contribution in [2.75, 3.05) is 19.6 Å². The van der Waals surface area contributed by atoms with Crippen molar-refractivity contribution in [1.82, 2.24) is 9.62 Å². The number of rotatable bonds is 7. The van der Waals surface area contributed by atoms with Gasteiger partial charge in [-0.25, -0.2) is 13.1 Å². The Morgan fingerprint density at radius 2 is 1.69 bits per heavy atom. The molecule has 0 spiro atoms. The van der Waals surface area contributed by atoms with Gasteiger partial charge >= 0.3 is 0 Å². The van der Waals surface area contributed by atoms with E-state index in [-0.39, 0.29) is 11.8 Å². The van der Waals surface area contributed by atoms with Crippen LogP contribution in [0.3, 0.4) is 0 Å². The molecule has 0 aromatic heterocycles. The van der Waals surface area contributed by atoms with Crippen LogP contribution in [0.2, 0.25) is 0 Å². The van der Waals surface area contributed by atoms with E-state index in [4.69, 9.17) is 0 Å². The van der Waals surface area contributed by atoms with Crippen LogP contribution >= 0.6 is 0 Å². The summed E-state index contributed by atoms with van der Waals surface area (Å²) in [7, 11) is -3.37. The van der Waals surface area contributed by atoms with Crippen molar-refractivity contribution in [2.24, 2.45) is 0 Å². The van der Waals surface area contributed by atoms with E-state index in [9.17, 15) is 8.42 Å². The molecular weight excluding hydrogens is 344 g/mol. The summed E-state index contributed by atoms with van der Waals surface area (Å²) in [6.07, 6.45) is 2.36. The fourth-order valence-corrected chi connectivity index (χ4v) is 4.71. The first kappa shape index (κ1) is 19.1. The van der Waals surface area contributed by atoms with E-state index < -0.39 is 10.0 Å². The van der Waals surface area contributed by atoms with E-state index in [1.54, 1.807) is 0 Å². The van der Waals surface area contributed by atoms with Crippen molar-refractivity contribution in [3.05, 3.63) is 70.8 Å². The molecule has 1 aliphatic heterocycles. The highest BCUT2D eigenvalue weighted by atomic mass is 32.2. The van der Waals surface area contributed by atoms with Crippen LogP contribution in [0.5, 0.6) is 0 Å². The monoisotopic (exact) mass is 372 g/mol. The second-order valence-corrected chi connectivity index (χ2v) is 9.07. The lowest BCUT2D eigenvalue weighted by molar-refractivity contribution is 0.246. The number of hydrogen-bond acceptors (Lipinski definition) is 3. The molecule has 1 fully saturated rings. The third-order valence-electron chi connectivity index (χ3n) is 4.98. The fraction of sp³-hybridized carbons (Fsp3) is 0.429. The Labute approximate surface area is 157 Å². The molecule has 26 heavy (non-hydrogen) atoms. The van der Waals surface area contributed by atoms with Gasteiger partial charge in [-0.05, 0) is 50.9 Å². The molecule has 1 heterocycles. The van der Waals surface area contributed by atoms with Gasteiger partial charge in [0.2, 0.25) is 10.0 Å². The maximum absolute atomic E-state index is 12.6. The lowest BCUT2D eigenvalue weighted by atomic mass is 10.0. The molecule has 1 unspecified atom stereocenters. The molecule has 2 aromatic carbocycles. The number of hydrogen-bond donors (Lipinski definition) is 1. The van der Waals surface area contributed by atoms with Crippen LogP contribution in [0.15, 0.2) is 48.5 Å². The molecule has 140 valence electrons. The number of nitrogens with one attached hydrogen (secondary N) is 1. The number of nitrogens with zero attached hydrogens (tertiary/aromatic N) is 1. The van der Waals surface area contributed by atoms with Gasteiger partial charge in [-0.3, -0.25) is 4.90 Å². The Morgan fingerprint density at radius 3 is 2.35 bits per heavy atom. The van der Waals surface area contributed by atoms with Crippen molar-refractivity contribution in [1.29, 1.82) is 0 Å². The quantitative estimate of drug-likeness (QED) is 0.808. The standard InChI is InChI=1S/C21H28N2O2S/c1-17-8-10-20(11-9-17)21(23-12-3-4-13-23)15-22-26(24,25)16-19-7-5-6-18(2)14-19/h5-11,14,21-22H,3-4,12-13,15-16H2,1-2H3. The first-order chi connectivity index (χ1) is 12.4. The molecule has 0 bridgehead atoms. The van der Waals surface area contributed by atoms with E-state index in [0.717, 1.165) is 24.2 Å². The smallest absolute Gasteiger partial charge is 0.215 e. The highest BCUT2D eigenvalue weighted by Gasteiger charge is 2.25.